The summed E-state index contributed by atoms with van der Waals surface area (Å²) >= 11 is 1.34. The predicted molar refractivity (Wildman–Crippen MR) is 200 cm³/mol. The zero-order valence-corrected chi connectivity index (χ0v) is 31.3. The van der Waals surface area contributed by atoms with Crippen LogP contribution in [0.2, 0.25) is 0 Å². The standard InChI is InChI=1S/C38H47NO8S3/c1-3-5-7-12-26-49(41,42)46-32-20-16-30(17-21-32)38-36(37(40)29-14-18-31(19-15-29)45-39-24-10-9-11-25-39)34-23-22-33(28-35(34)48-38)47-50(43,44)27-13-8-6-4-2/h14-23,28H,3-13,24-27H2,1-2H3. The molecular weight excluding hydrogens is 695 g/mol. The van der Waals surface area contributed by atoms with Crippen LogP contribution in [0.5, 0.6) is 17.2 Å². The number of piperidine rings is 1. The van der Waals surface area contributed by atoms with Crippen LogP contribution in [-0.4, -0.2) is 52.3 Å². The Bertz CT molecular complexity index is 1930. The van der Waals surface area contributed by atoms with Crippen molar-refractivity contribution in [3.05, 3.63) is 77.9 Å². The third kappa shape index (κ3) is 10.5. The molecule has 0 bridgehead atoms. The van der Waals surface area contributed by atoms with Crippen molar-refractivity contribution < 1.29 is 34.8 Å². The lowest BCUT2D eigenvalue weighted by molar-refractivity contribution is -0.0720. The highest BCUT2D eigenvalue weighted by molar-refractivity contribution is 7.87. The van der Waals surface area contributed by atoms with Crippen molar-refractivity contribution >= 4 is 47.4 Å². The molecule has 0 atom stereocenters. The zero-order chi connectivity index (χ0) is 35.6. The third-order valence-electron chi connectivity index (χ3n) is 8.61. The van der Waals surface area contributed by atoms with E-state index >= 15 is 0 Å². The number of unbranched alkanes of at least 4 members (excludes halogenated alkanes) is 6. The Morgan fingerprint density at radius 1 is 0.680 bits per heavy atom. The van der Waals surface area contributed by atoms with Crippen LogP contribution in [-0.2, 0) is 20.2 Å². The van der Waals surface area contributed by atoms with E-state index in [4.69, 9.17) is 13.2 Å². The fraction of sp³-hybridized carbons (Fsp3) is 0.447. The number of nitrogens with zero attached hydrogens (tertiary/aromatic N) is 1. The summed E-state index contributed by atoms with van der Waals surface area (Å²) in [6.07, 6.45) is 10.0. The van der Waals surface area contributed by atoms with E-state index in [1.165, 1.54) is 17.8 Å². The second-order valence-electron chi connectivity index (χ2n) is 12.7. The van der Waals surface area contributed by atoms with Gasteiger partial charge in [0.1, 0.15) is 17.2 Å². The van der Waals surface area contributed by atoms with Crippen molar-refractivity contribution in [3.63, 3.8) is 0 Å². The van der Waals surface area contributed by atoms with Crippen LogP contribution in [0.3, 0.4) is 0 Å². The molecule has 0 spiro atoms. The second kappa shape index (κ2) is 17.7. The summed E-state index contributed by atoms with van der Waals surface area (Å²) in [6, 6.07) is 18.7. The minimum absolute atomic E-state index is 0.0511. The number of rotatable bonds is 19. The molecule has 3 aromatic carbocycles. The number of thiophene rings is 1. The van der Waals surface area contributed by atoms with E-state index in [0.29, 0.717) is 50.2 Å². The molecule has 1 aliphatic heterocycles. The predicted octanol–water partition coefficient (Wildman–Crippen LogP) is 9.16. The molecule has 12 heteroatoms. The lowest BCUT2D eigenvalue weighted by atomic mass is 9.97. The molecule has 5 rings (SSSR count). The molecule has 0 N–H and O–H groups in total. The van der Waals surface area contributed by atoms with Gasteiger partial charge in [0, 0.05) is 39.2 Å². The molecule has 0 radical (unpaired) electrons. The summed E-state index contributed by atoms with van der Waals surface area (Å²) in [7, 11) is -7.52. The average Bonchev–Trinajstić information content (AvgIpc) is 3.48. The molecule has 1 saturated heterocycles. The smallest absolute Gasteiger partial charge is 0.309 e. The van der Waals surface area contributed by atoms with Crippen LogP contribution in [0.15, 0.2) is 66.7 Å². The molecule has 0 aliphatic carbocycles. The number of carbonyl (C=O) groups excluding carboxylic acids is 1. The molecule has 1 fully saturated rings. The zero-order valence-electron chi connectivity index (χ0n) is 28.9. The van der Waals surface area contributed by atoms with Crippen molar-refractivity contribution in [2.24, 2.45) is 0 Å². The molecular formula is C38H47NO8S3. The number of hydrogen-bond donors (Lipinski definition) is 0. The van der Waals surface area contributed by atoms with Gasteiger partial charge < -0.3 is 13.2 Å². The van der Waals surface area contributed by atoms with Gasteiger partial charge in [-0.25, -0.2) is 0 Å². The molecule has 0 saturated carbocycles. The minimum atomic E-state index is -3.78. The molecule has 50 heavy (non-hydrogen) atoms. The molecule has 1 aromatic heterocycles. The van der Waals surface area contributed by atoms with Gasteiger partial charge in [0.05, 0.1) is 11.5 Å². The summed E-state index contributed by atoms with van der Waals surface area (Å²) in [4.78, 5) is 20.9. The highest BCUT2D eigenvalue weighted by Crippen LogP contribution is 2.42. The summed E-state index contributed by atoms with van der Waals surface area (Å²) < 4.78 is 62.1. The average molecular weight is 742 g/mol. The Morgan fingerprint density at radius 3 is 1.84 bits per heavy atom. The normalized spacial score (nSPS) is 14.1. The first-order valence-corrected chi connectivity index (χ1v) is 21.6. The number of benzene rings is 3. The first kappa shape index (κ1) is 37.8. The van der Waals surface area contributed by atoms with Crippen molar-refractivity contribution in [1.82, 2.24) is 5.06 Å². The van der Waals surface area contributed by atoms with Gasteiger partial charge in [0.15, 0.2) is 5.78 Å². The summed E-state index contributed by atoms with van der Waals surface area (Å²) in [5, 5.41) is 2.60. The van der Waals surface area contributed by atoms with Gasteiger partial charge in [0.25, 0.3) is 0 Å². The maximum absolute atomic E-state index is 14.2. The molecule has 270 valence electrons. The number of hydroxylamine groups is 2. The van der Waals surface area contributed by atoms with Crippen molar-refractivity contribution in [1.29, 1.82) is 0 Å². The second-order valence-corrected chi connectivity index (χ2v) is 17.2. The maximum Gasteiger partial charge on any atom is 0.309 e. The number of fused-ring (bicyclic) bond motifs is 1. The third-order valence-corrected chi connectivity index (χ3v) is 12.3. The van der Waals surface area contributed by atoms with Gasteiger partial charge in [-0.3, -0.25) is 4.79 Å². The van der Waals surface area contributed by atoms with E-state index in [2.05, 4.69) is 13.8 Å². The highest BCUT2D eigenvalue weighted by atomic mass is 32.2. The molecule has 0 amide bonds. The van der Waals surface area contributed by atoms with Gasteiger partial charge in [-0.15, -0.1) is 16.4 Å². The fourth-order valence-electron chi connectivity index (χ4n) is 5.92. The molecule has 2 heterocycles. The van der Waals surface area contributed by atoms with Crippen LogP contribution in [0.4, 0.5) is 0 Å². The molecule has 4 aromatic rings. The lowest BCUT2D eigenvalue weighted by Crippen LogP contribution is -2.32. The Hall–Kier alpha value is -3.45. The summed E-state index contributed by atoms with van der Waals surface area (Å²) in [6.45, 7) is 5.87. The quantitative estimate of drug-likeness (QED) is 0.0527. The van der Waals surface area contributed by atoms with Gasteiger partial charge in [-0.2, -0.15) is 16.8 Å². The number of ketones is 1. The minimum Gasteiger partial charge on any atom is -0.406 e. The summed E-state index contributed by atoms with van der Waals surface area (Å²) in [5.41, 5.74) is 1.63. The van der Waals surface area contributed by atoms with Crippen LogP contribution < -0.4 is 13.2 Å². The molecule has 9 nitrogen and oxygen atoms in total. The fourth-order valence-corrected chi connectivity index (χ4v) is 9.24. The van der Waals surface area contributed by atoms with Crippen molar-refractivity contribution in [2.45, 2.75) is 84.5 Å². The van der Waals surface area contributed by atoms with E-state index in [1.54, 1.807) is 66.7 Å². The Balaban J connectivity index is 1.43. The topological polar surface area (TPSA) is 116 Å². The van der Waals surface area contributed by atoms with E-state index < -0.39 is 20.2 Å². The van der Waals surface area contributed by atoms with E-state index in [0.717, 1.165) is 64.5 Å². The number of carbonyl (C=O) groups is 1. The Morgan fingerprint density at radius 2 is 1.24 bits per heavy atom. The van der Waals surface area contributed by atoms with Crippen molar-refractivity contribution in [2.75, 3.05) is 24.6 Å². The molecule has 0 unspecified atom stereocenters. The first-order valence-electron chi connectivity index (χ1n) is 17.7. The SMILES string of the molecule is CCCCCCS(=O)(=O)Oc1ccc(-c2sc3cc(OS(=O)(=O)CCCCCC)ccc3c2C(=O)c2ccc(ON3CCCCC3)cc2)cc1. The van der Waals surface area contributed by atoms with Crippen LogP contribution >= 0.6 is 11.3 Å². The lowest BCUT2D eigenvalue weighted by Gasteiger charge is -2.26. The monoisotopic (exact) mass is 741 g/mol. The van der Waals surface area contributed by atoms with Gasteiger partial charge >= 0.3 is 20.2 Å². The summed E-state index contributed by atoms with van der Waals surface area (Å²) in [5.74, 6) is 0.722. The maximum atomic E-state index is 14.2. The Labute approximate surface area is 300 Å². The largest absolute Gasteiger partial charge is 0.406 e. The van der Waals surface area contributed by atoms with Gasteiger partial charge in [-0.1, -0.05) is 58.8 Å². The van der Waals surface area contributed by atoms with E-state index in [9.17, 15) is 21.6 Å². The van der Waals surface area contributed by atoms with Crippen LogP contribution in [0.25, 0.3) is 20.5 Å². The molecule has 1 aliphatic rings. The number of hydrogen-bond acceptors (Lipinski definition) is 10. The Kier molecular flexibility index (Phi) is 13.3. The van der Waals surface area contributed by atoms with Gasteiger partial charge in [-0.05, 0) is 98.0 Å². The van der Waals surface area contributed by atoms with Crippen LogP contribution in [0.1, 0.15) is 100 Å². The highest BCUT2D eigenvalue weighted by Gasteiger charge is 2.24. The first-order chi connectivity index (χ1) is 24.1. The van der Waals surface area contributed by atoms with Crippen LogP contribution in [0, 0.1) is 0 Å². The van der Waals surface area contributed by atoms with Crippen molar-refractivity contribution in [3.8, 4) is 27.7 Å². The van der Waals surface area contributed by atoms with E-state index in [-0.39, 0.29) is 28.8 Å². The van der Waals surface area contributed by atoms with E-state index in [1.807, 2.05) is 5.06 Å². The van der Waals surface area contributed by atoms with Gasteiger partial charge in [0.2, 0.25) is 0 Å².